The van der Waals surface area contributed by atoms with Crippen LogP contribution >= 0.6 is 0 Å². The van der Waals surface area contributed by atoms with Crippen molar-refractivity contribution in [1.82, 2.24) is 5.32 Å². The van der Waals surface area contributed by atoms with Gasteiger partial charge in [0.25, 0.3) is 11.8 Å². The first-order chi connectivity index (χ1) is 15.8. The summed E-state index contributed by atoms with van der Waals surface area (Å²) in [6, 6.07) is 21.4. The number of benzene rings is 3. The summed E-state index contributed by atoms with van der Waals surface area (Å²) in [6.45, 7) is 0. The fraction of sp³-hybridized carbons (Fsp3) is 0.120. The van der Waals surface area contributed by atoms with Crippen molar-refractivity contribution in [3.8, 4) is 11.1 Å². The van der Waals surface area contributed by atoms with Gasteiger partial charge in [-0.05, 0) is 53.9 Å². The molecule has 0 aromatic heterocycles. The molecule has 0 spiro atoms. The van der Waals surface area contributed by atoms with Gasteiger partial charge in [-0.15, -0.1) is 0 Å². The largest absolute Gasteiger partial charge is 0.481 e. The molecule has 4 N–H and O–H groups in total. The van der Waals surface area contributed by atoms with E-state index in [1.54, 1.807) is 60.7 Å². The van der Waals surface area contributed by atoms with Crippen molar-refractivity contribution < 1.29 is 29.4 Å². The van der Waals surface area contributed by atoms with Crippen LogP contribution in [0.2, 0.25) is 0 Å². The first kappa shape index (κ1) is 23.2. The third-order valence-corrected chi connectivity index (χ3v) is 4.91. The minimum Gasteiger partial charge on any atom is -0.481 e. The van der Waals surface area contributed by atoms with E-state index in [0.717, 1.165) is 11.1 Å². The molecule has 0 aliphatic rings. The molecule has 0 unspecified atom stereocenters. The Morgan fingerprint density at radius 3 is 1.79 bits per heavy atom. The molecule has 0 aliphatic carbocycles. The van der Waals surface area contributed by atoms with E-state index in [-0.39, 0.29) is 24.3 Å². The van der Waals surface area contributed by atoms with E-state index in [9.17, 15) is 24.3 Å². The molecule has 0 saturated carbocycles. The Labute approximate surface area is 189 Å². The summed E-state index contributed by atoms with van der Waals surface area (Å²) < 4.78 is 0. The number of carbonyl (C=O) groups excluding carboxylic acids is 2. The van der Waals surface area contributed by atoms with Crippen molar-refractivity contribution in [1.29, 1.82) is 0 Å². The van der Waals surface area contributed by atoms with E-state index in [1.165, 1.54) is 0 Å². The number of nitrogens with one attached hydrogen (secondary N) is 2. The van der Waals surface area contributed by atoms with E-state index in [2.05, 4.69) is 10.6 Å². The predicted molar refractivity (Wildman–Crippen MR) is 122 cm³/mol. The van der Waals surface area contributed by atoms with Crippen LogP contribution in [0.4, 0.5) is 5.69 Å². The van der Waals surface area contributed by atoms with Gasteiger partial charge in [0, 0.05) is 23.2 Å². The standard InChI is InChI=1S/C25H22N2O6/c28-22(29)15-14-21(25(32)33)27-24(31)19-8-6-16(7-9-19)17-10-12-20(13-11-17)26-23(30)18-4-2-1-3-5-18/h1-13,21H,14-15H2,(H,26,30)(H,27,31)(H,28,29)(H,32,33)/t21-/m0/s1. The number of carboxylic acids is 2. The highest BCUT2D eigenvalue weighted by molar-refractivity contribution is 6.04. The Morgan fingerprint density at radius 1 is 0.697 bits per heavy atom. The van der Waals surface area contributed by atoms with E-state index in [1.807, 2.05) is 18.2 Å². The summed E-state index contributed by atoms with van der Waals surface area (Å²) in [7, 11) is 0. The number of rotatable bonds is 9. The third kappa shape index (κ3) is 6.51. The van der Waals surface area contributed by atoms with Crippen LogP contribution in [0.15, 0.2) is 78.9 Å². The number of carbonyl (C=O) groups is 4. The maximum Gasteiger partial charge on any atom is 0.326 e. The highest BCUT2D eigenvalue weighted by Gasteiger charge is 2.21. The van der Waals surface area contributed by atoms with Gasteiger partial charge in [0.05, 0.1) is 0 Å². The molecule has 0 aliphatic heterocycles. The van der Waals surface area contributed by atoms with Crippen molar-refractivity contribution in [2.75, 3.05) is 5.32 Å². The minimum absolute atomic E-state index is 0.207. The molecule has 0 fully saturated rings. The zero-order valence-corrected chi connectivity index (χ0v) is 17.5. The normalized spacial score (nSPS) is 11.3. The fourth-order valence-electron chi connectivity index (χ4n) is 3.12. The third-order valence-electron chi connectivity index (χ3n) is 4.91. The lowest BCUT2D eigenvalue weighted by Crippen LogP contribution is -2.41. The van der Waals surface area contributed by atoms with Crippen molar-refractivity contribution in [3.63, 3.8) is 0 Å². The van der Waals surface area contributed by atoms with Gasteiger partial charge in [-0.3, -0.25) is 14.4 Å². The lowest BCUT2D eigenvalue weighted by Gasteiger charge is -2.14. The quantitative estimate of drug-likeness (QED) is 0.397. The first-order valence-electron chi connectivity index (χ1n) is 10.2. The summed E-state index contributed by atoms with van der Waals surface area (Å²) in [5.41, 5.74) is 3.15. The molecule has 0 bridgehead atoms. The molecule has 0 heterocycles. The second-order valence-electron chi connectivity index (χ2n) is 7.27. The van der Waals surface area contributed by atoms with Crippen LogP contribution in [0, 0.1) is 0 Å². The first-order valence-corrected chi connectivity index (χ1v) is 10.2. The molecular formula is C25H22N2O6. The molecular weight excluding hydrogens is 424 g/mol. The van der Waals surface area contributed by atoms with Crippen LogP contribution in [-0.2, 0) is 9.59 Å². The fourth-order valence-corrected chi connectivity index (χ4v) is 3.12. The zero-order chi connectivity index (χ0) is 23.8. The van der Waals surface area contributed by atoms with Crippen LogP contribution in [-0.4, -0.2) is 40.0 Å². The monoisotopic (exact) mass is 446 g/mol. The Hall–Kier alpha value is -4.46. The minimum atomic E-state index is -1.29. The molecule has 1 atom stereocenters. The van der Waals surface area contributed by atoms with Crippen LogP contribution < -0.4 is 10.6 Å². The molecule has 0 saturated heterocycles. The maximum absolute atomic E-state index is 12.4. The summed E-state index contributed by atoms with van der Waals surface area (Å²) >= 11 is 0. The number of hydrogen-bond acceptors (Lipinski definition) is 4. The smallest absolute Gasteiger partial charge is 0.326 e. The van der Waals surface area contributed by atoms with Crippen LogP contribution in [0.5, 0.6) is 0 Å². The van der Waals surface area contributed by atoms with Crippen LogP contribution in [0.25, 0.3) is 11.1 Å². The van der Waals surface area contributed by atoms with Crippen molar-refractivity contribution in [3.05, 3.63) is 90.0 Å². The maximum atomic E-state index is 12.4. The molecule has 8 nitrogen and oxygen atoms in total. The Bertz CT molecular complexity index is 1140. The molecule has 168 valence electrons. The summed E-state index contributed by atoms with van der Waals surface area (Å²) in [4.78, 5) is 46.5. The second kappa shape index (κ2) is 10.7. The Morgan fingerprint density at radius 2 is 1.24 bits per heavy atom. The summed E-state index contributed by atoms with van der Waals surface area (Å²) in [5.74, 6) is -3.23. The highest BCUT2D eigenvalue weighted by atomic mass is 16.4. The highest BCUT2D eigenvalue weighted by Crippen LogP contribution is 2.22. The molecule has 2 amide bonds. The van der Waals surface area contributed by atoms with Crippen molar-refractivity contribution >= 4 is 29.4 Å². The van der Waals surface area contributed by atoms with Gasteiger partial charge >= 0.3 is 11.9 Å². The van der Waals surface area contributed by atoms with Gasteiger partial charge in [-0.2, -0.15) is 0 Å². The lowest BCUT2D eigenvalue weighted by molar-refractivity contribution is -0.140. The lowest BCUT2D eigenvalue weighted by atomic mass is 10.0. The molecule has 3 aromatic carbocycles. The van der Waals surface area contributed by atoms with Gasteiger partial charge in [-0.25, -0.2) is 4.79 Å². The molecule has 8 heteroatoms. The van der Waals surface area contributed by atoms with Gasteiger partial charge in [0.1, 0.15) is 6.04 Å². The second-order valence-corrected chi connectivity index (χ2v) is 7.27. The Balaban J connectivity index is 1.63. The molecule has 33 heavy (non-hydrogen) atoms. The average molecular weight is 446 g/mol. The SMILES string of the molecule is O=C(O)CC[C@H](NC(=O)c1ccc(-c2ccc(NC(=O)c3ccccc3)cc2)cc1)C(=O)O. The van der Waals surface area contributed by atoms with E-state index < -0.39 is 23.9 Å². The predicted octanol–water partition coefficient (Wildman–Crippen LogP) is 3.65. The van der Waals surface area contributed by atoms with Gasteiger partial charge in [0.15, 0.2) is 0 Å². The van der Waals surface area contributed by atoms with Crippen LogP contribution in [0.1, 0.15) is 33.6 Å². The molecule has 3 rings (SSSR count). The van der Waals surface area contributed by atoms with Crippen molar-refractivity contribution in [2.24, 2.45) is 0 Å². The number of aliphatic carboxylic acids is 2. The summed E-state index contributed by atoms with van der Waals surface area (Å²) in [5, 5.41) is 23.1. The van der Waals surface area contributed by atoms with Gasteiger partial charge in [-0.1, -0.05) is 42.5 Å². The van der Waals surface area contributed by atoms with Gasteiger partial charge in [0.2, 0.25) is 0 Å². The van der Waals surface area contributed by atoms with Crippen LogP contribution in [0.3, 0.4) is 0 Å². The number of hydrogen-bond donors (Lipinski definition) is 4. The number of carboxylic acid groups (broad SMARTS) is 2. The number of anilines is 1. The number of amides is 2. The average Bonchev–Trinajstić information content (AvgIpc) is 2.82. The Kier molecular flexibility index (Phi) is 7.54. The molecule has 0 radical (unpaired) electrons. The van der Waals surface area contributed by atoms with Gasteiger partial charge < -0.3 is 20.8 Å². The van der Waals surface area contributed by atoms with E-state index in [0.29, 0.717) is 11.3 Å². The topological polar surface area (TPSA) is 133 Å². The van der Waals surface area contributed by atoms with Crippen molar-refractivity contribution in [2.45, 2.75) is 18.9 Å². The van der Waals surface area contributed by atoms with E-state index in [4.69, 9.17) is 5.11 Å². The van der Waals surface area contributed by atoms with E-state index >= 15 is 0 Å². The zero-order valence-electron chi connectivity index (χ0n) is 17.5. The summed E-state index contributed by atoms with van der Waals surface area (Å²) in [6.07, 6.45) is -0.570. The molecule has 3 aromatic rings.